The fourth-order valence-electron chi connectivity index (χ4n) is 3.01. The van der Waals surface area contributed by atoms with Gasteiger partial charge in [-0.3, -0.25) is 9.59 Å². The van der Waals surface area contributed by atoms with Gasteiger partial charge in [0.2, 0.25) is 5.91 Å². The normalized spacial score (nSPS) is 28.1. The number of thioether (sulfide) groups is 1. The number of benzene rings is 1. The van der Waals surface area contributed by atoms with E-state index in [9.17, 15) is 9.59 Å². The van der Waals surface area contributed by atoms with Crippen molar-refractivity contribution in [1.82, 2.24) is 5.32 Å². The van der Waals surface area contributed by atoms with Crippen LogP contribution in [0.15, 0.2) is 24.3 Å². The highest BCUT2D eigenvalue weighted by Crippen LogP contribution is 2.41. The monoisotopic (exact) mass is 381 g/mol. The van der Waals surface area contributed by atoms with Gasteiger partial charge in [-0.1, -0.05) is 13.8 Å². The molecule has 1 aromatic carbocycles. The van der Waals surface area contributed by atoms with E-state index in [0.29, 0.717) is 12.4 Å². The first-order valence-electron chi connectivity index (χ1n) is 8.68. The van der Waals surface area contributed by atoms with Gasteiger partial charge in [0.1, 0.15) is 18.1 Å². The molecule has 1 aromatic rings. The third kappa shape index (κ3) is 5.30. The summed E-state index contributed by atoms with van der Waals surface area (Å²) in [5, 5.41) is 3.12. The zero-order chi connectivity index (χ0) is 19.3. The molecule has 1 saturated heterocycles. The number of rotatable bonds is 6. The average Bonchev–Trinajstić information content (AvgIpc) is 2.60. The lowest BCUT2D eigenvalue weighted by Gasteiger charge is -2.44. The molecule has 26 heavy (non-hydrogen) atoms. The summed E-state index contributed by atoms with van der Waals surface area (Å²) in [6.45, 7) is 7.46. The second-order valence-electron chi connectivity index (χ2n) is 6.58. The van der Waals surface area contributed by atoms with E-state index >= 15 is 0 Å². The van der Waals surface area contributed by atoms with Crippen LogP contribution in [0.3, 0.4) is 0 Å². The van der Waals surface area contributed by atoms with E-state index in [1.807, 2.05) is 24.3 Å². The van der Waals surface area contributed by atoms with Crippen molar-refractivity contribution < 1.29 is 23.8 Å². The van der Waals surface area contributed by atoms with Crippen molar-refractivity contribution in [2.24, 2.45) is 11.8 Å². The maximum atomic E-state index is 11.7. The van der Waals surface area contributed by atoms with Gasteiger partial charge in [-0.15, -0.1) is 11.8 Å². The topological polar surface area (TPSA) is 73.9 Å². The van der Waals surface area contributed by atoms with Crippen molar-refractivity contribution in [2.45, 2.75) is 44.4 Å². The van der Waals surface area contributed by atoms with Crippen molar-refractivity contribution in [3.8, 4) is 11.5 Å². The van der Waals surface area contributed by atoms with Crippen LogP contribution in [0.2, 0.25) is 0 Å². The van der Waals surface area contributed by atoms with E-state index < -0.39 is 0 Å². The van der Waals surface area contributed by atoms with Crippen LogP contribution >= 0.6 is 11.8 Å². The van der Waals surface area contributed by atoms with E-state index in [1.54, 1.807) is 18.9 Å². The van der Waals surface area contributed by atoms with Crippen molar-refractivity contribution >= 4 is 23.6 Å². The fourth-order valence-corrected chi connectivity index (χ4v) is 4.65. The fraction of sp³-hybridized carbons (Fsp3) is 0.579. The molecular formula is C19H27NO5S. The van der Waals surface area contributed by atoms with Crippen LogP contribution in [0, 0.1) is 11.8 Å². The van der Waals surface area contributed by atoms with Gasteiger partial charge in [0.15, 0.2) is 5.44 Å². The van der Waals surface area contributed by atoms with Crippen LogP contribution in [0.25, 0.3) is 0 Å². The van der Waals surface area contributed by atoms with Crippen LogP contribution in [0.1, 0.15) is 27.7 Å². The number of hydrogen-bond donors (Lipinski definition) is 1. The lowest BCUT2D eigenvalue weighted by Crippen LogP contribution is -2.55. The molecule has 1 fully saturated rings. The highest BCUT2D eigenvalue weighted by atomic mass is 32.2. The molecule has 7 heteroatoms. The first-order chi connectivity index (χ1) is 12.3. The molecule has 6 nitrogen and oxygen atoms in total. The second-order valence-corrected chi connectivity index (χ2v) is 7.93. The molecule has 1 amide bonds. The minimum absolute atomic E-state index is 0.0867. The van der Waals surface area contributed by atoms with Gasteiger partial charge in [-0.2, -0.15) is 0 Å². The van der Waals surface area contributed by atoms with E-state index in [0.717, 1.165) is 5.75 Å². The summed E-state index contributed by atoms with van der Waals surface area (Å²) in [6.07, 6.45) is 0. The first kappa shape index (κ1) is 20.4. The van der Waals surface area contributed by atoms with Crippen LogP contribution in [0.5, 0.6) is 11.5 Å². The number of nitrogens with one attached hydrogen (secondary N) is 1. The zero-order valence-electron chi connectivity index (χ0n) is 15.9. The summed E-state index contributed by atoms with van der Waals surface area (Å²) in [7, 11) is 1.61. The van der Waals surface area contributed by atoms with Gasteiger partial charge >= 0.3 is 5.97 Å². The Balaban J connectivity index is 2.17. The molecule has 1 aliphatic rings. The summed E-state index contributed by atoms with van der Waals surface area (Å²) in [5.41, 5.74) is -0.279. The third-order valence-electron chi connectivity index (χ3n) is 4.72. The second kappa shape index (κ2) is 9.16. The Kier molecular flexibility index (Phi) is 7.20. The Labute approximate surface area is 159 Å². The van der Waals surface area contributed by atoms with E-state index in [4.69, 9.17) is 14.2 Å². The molecular weight excluding hydrogens is 354 g/mol. The SMILES string of the molecule is COc1ccc(O[C@@H]2SC(COC(C)=O)[C@@H](C)[C@H](C)C2NC(C)=O)cc1. The molecule has 0 saturated carbocycles. The minimum Gasteiger partial charge on any atom is -0.497 e. The van der Waals surface area contributed by atoms with Gasteiger partial charge < -0.3 is 19.5 Å². The van der Waals surface area contributed by atoms with Crippen molar-refractivity contribution in [2.75, 3.05) is 13.7 Å². The maximum absolute atomic E-state index is 11.7. The molecule has 144 valence electrons. The Hall–Kier alpha value is -1.89. The number of amides is 1. The van der Waals surface area contributed by atoms with Gasteiger partial charge in [0, 0.05) is 19.1 Å². The third-order valence-corrected chi connectivity index (χ3v) is 6.29. The Morgan fingerprint density at radius 3 is 2.23 bits per heavy atom. The van der Waals surface area contributed by atoms with Crippen molar-refractivity contribution in [3.63, 3.8) is 0 Å². The molecule has 1 aliphatic heterocycles. The summed E-state index contributed by atoms with van der Waals surface area (Å²) >= 11 is 1.59. The number of hydrogen-bond acceptors (Lipinski definition) is 6. The predicted octanol–water partition coefficient (Wildman–Crippen LogP) is 2.86. The standard InChI is InChI=1S/C19H27NO5S/c1-11-12(2)18(20-13(3)21)19(26-17(11)10-24-14(4)22)25-16-8-6-15(23-5)7-9-16/h6-9,11-12,17-19H,10H2,1-5H3,(H,20,21)/t11-,12-,17?,18?,19+/m0/s1. The van der Waals surface area contributed by atoms with Gasteiger partial charge in [0.05, 0.1) is 13.2 Å². The number of carbonyl (C=O) groups excluding carboxylic acids is 2. The first-order valence-corrected chi connectivity index (χ1v) is 9.62. The lowest BCUT2D eigenvalue weighted by atomic mass is 9.86. The number of carbonyl (C=O) groups is 2. The summed E-state index contributed by atoms with van der Waals surface area (Å²) in [5.74, 6) is 1.50. The van der Waals surface area contributed by atoms with Gasteiger partial charge in [-0.05, 0) is 36.1 Å². The molecule has 2 rings (SSSR count). The summed E-state index contributed by atoms with van der Waals surface area (Å²) in [6, 6.07) is 7.21. The molecule has 0 bridgehead atoms. The van der Waals surface area contributed by atoms with Crippen LogP contribution in [0.4, 0.5) is 0 Å². The maximum Gasteiger partial charge on any atom is 0.302 e. The van der Waals surface area contributed by atoms with Crippen LogP contribution < -0.4 is 14.8 Å². The van der Waals surface area contributed by atoms with Gasteiger partial charge in [0.25, 0.3) is 0 Å². The molecule has 0 radical (unpaired) electrons. The Bertz CT molecular complexity index is 619. The molecule has 0 aromatic heterocycles. The van der Waals surface area contributed by atoms with Crippen LogP contribution in [-0.4, -0.2) is 42.3 Å². The molecule has 0 aliphatic carbocycles. The lowest BCUT2D eigenvalue weighted by molar-refractivity contribution is -0.141. The van der Waals surface area contributed by atoms with E-state index in [2.05, 4.69) is 19.2 Å². The molecule has 1 N–H and O–H groups in total. The Morgan fingerprint density at radius 2 is 1.69 bits per heavy atom. The molecule has 0 spiro atoms. The summed E-state index contributed by atoms with van der Waals surface area (Å²) in [4.78, 5) is 22.9. The largest absolute Gasteiger partial charge is 0.497 e. The Morgan fingerprint density at radius 1 is 1.08 bits per heavy atom. The molecule has 1 heterocycles. The smallest absolute Gasteiger partial charge is 0.302 e. The number of methoxy groups -OCH3 is 1. The van der Waals surface area contributed by atoms with E-state index in [-0.39, 0.29) is 40.4 Å². The minimum atomic E-state index is -0.290. The van der Waals surface area contributed by atoms with Crippen molar-refractivity contribution in [3.05, 3.63) is 24.3 Å². The van der Waals surface area contributed by atoms with Gasteiger partial charge in [-0.25, -0.2) is 0 Å². The van der Waals surface area contributed by atoms with Crippen molar-refractivity contribution in [1.29, 1.82) is 0 Å². The quantitative estimate of drug-likeness (QED) is 0.764. The highest BCUT2D eigenvalue weighted by molar-refractivity contribution is 8.00. The number of esters is 1. The van der Waals surface area contributed by atoms with E-state index in [1.165, 1.54) is 13.8 Å². The highest BCUT2D eigenvalue weighted by Gasteiger charge is 2.43. The molecule has 5 atom stereocenters. The summed E-state index contributed by atoms with van der Waals surface area (Å²) < 4.78 is 16.6. The molecule has 2 unspecified atom stereocenters. The average molecular weight is 381 g/mol. The zero-order valence-corrected chi connectivity index (χ0v) is 16.7. The number of ether oxygens (including phenoxy) is 3. The van der Waals surface area contributed by atoms with Crippen LogP contribution in [-0.2, 0) is 14.3 Å². The predicted molar refractivity (Wildman–Crippen MR) is 101 cm³/mol.